The van der Waals surface area contributed by atoms with Gasteiger partial charge in [-0.15, -0.1) is 0 Å². The SMILES string of the molecule is Nc1cccc(N2CC3CC(C2)S3(=O)=O)c1. The molecule has 0 spiro atoms. The summed E-state index contributed by atoms with van der Waals surface area (Å²) in [5.41, 5.74) is 7.47. The third-order valence-corrected chi connectivity index (χ3v) is 6.08. The quantitative estimate of drug-likeness (QED) is 0.729. The summed E-state index contributed by atoms with van der Waals surface area (Å²) in [6, 6.07) is 7.62. The first-order chi connectivity index (χ1) is 7.57. The summed E-state index contributed by atoms with van der Waals surface area (Å²) in [6.45, 7) is 1.23. The second kappa shape index (κ2) is 3.13. The number of sulfone groups is 1. The van der Waals surface area contributed by atoms with E-state index >= 15 is 0 Å². The molecule has 3 heterocycles. The molecule has 3 saturated heterocycles. The molecule has 16 heavy (non-hydrogen) atoms. The number of fused-ring (bicyclic) bond motifs is 2. The Morgan fingerprint density at radius 2 is 1.94 bits per heavy atom. The number of hydrogen-bond acceptors (Lipinski definition) is 4. The van der Waals surface area contributed by atoms with E-state index in [1.165, 1.54) is 0 Å². The van der Waals surface area contributed by atoms with Gasteiger partial charge in [-0.3, -0.25) is 0 Å². The third-order valence-electron chi connectivity index (χ3n) is 3.54. The van der Waals surface area contributed by atoms with E-state index in [-0.39, 0.29) is 10.5 Å². The number of hydrogen-bond donors (Lipinski definition) is 1. The number of rotatable bonds is 1. The van der Waals surface area contributed by atoms with Crippen LogP contribution in [-0.4, -0.2) is 32.0 Å². The van der Waals surface area contributed by atoms with E-state index in [2.05, 4.69) is 4.90 Å². The van der Waals surface area contributed by atoms with Gasteiger partial charge in [0.2, 0.25) is 0 Å². The van der Waals surface area contributed by atoms with Crippen molar-refractivity contribution in [2.45, 2.75) is 16.9 Å². The lowest BCUT2D eigenvalue weighted by atomic mass is 10.1. The molecule has 2 unspecified atom stereocenters. The van der Waals surface area contributed by atoms with E-state index in [0.717, 1.165) is 17.8 Å². The van der Waals surface area contributed by atoms with Crippen molar-refractivity contribution >= 4 is 21.2 Å². The minimum absolute atomic E-state index is 0.160. The first-order valence-electron chi connectivity index (χ1n) is 5.40. The predicted molar refractivity (Wildman–Crippen MR) is 64.2 cm³/mol. The number of nitrogen functional groups attached to an aromatic ring is 1. The summed E-state index contributed by atoms with van der Waals surface area (Å²) in [4.78, 5) is 2.12. The summed E-state index contributed by atoms with van der Waals surface area (Å²) in [5.74, 6) is 0. The van der Waals surface area contributed by atoms with Crippen LogP contribution >= 0.6 is 0 Å². The highest BCUT2D eigenvalue weighted by atomic mass is 32.2. The maximum absolute atomic E-state index is 11.6. The van der Waals surface area contributed by atoms with Crippen LogP contribution in [-0.2, 0) is 9.84 Å². The summed E-state index contributed by atoms with van der Waals surface area (Å²) in [5, 5.41) is -0.319. The van der Waals surface area contributed by atoms with Crippen molar-refractivity contribution < 1.29 is 8.42 Å². The monoisotopic (exact) mass is 238 g/mol. The zero-order valence-electron chi connectivity index (χ0n) is 8.83. The average Bonchev–Trinajstić information content (AvgIpc) is 2.29. The number of anilines is 2. The van der Waals surface area contributed by atoms with Crippen molar-refractivity contribution in [3.05, 3.63) is 24.3 Å². The van der Waals surface area contributed by atoms with Crippen LogP contribution in [0.5, 0.6) is 0 Å². The Bertz CT molecular complexity index is 509. The van der Waals surface area contributed by atoms with Crippen molar-refractivity contribution in [1.29, 1.82) is 0 Å². The van der Waals surface area contributed by atoms with E-state index in [9.17, 15) is 8.42 Å². The fourth-order valence-electron chi connectivity index (χ4n) is 2.57. The highest BCUT2D eigenvalue weighted by Crippen LogP contribution is 2.37. The van der Waals surface area contributed by atoms with E-state index in [1.54, 1.807) is 0 Å². The van der Waals surface area contributed by atoms with Crippen LogP contribution < -0.4 is 10.6 Å². The maximum atomic E-state index is 11.6. The molecule has 3 fully saturated rings. The van der Waals surface area contributed by atoms with Gasteiger partial charge in [-0.05, 0) is 24.6 Å². The van der Waals surface area contributed by atoms with Crippen molar-refractivity contribution in [3.63, 3.8) is 0 Å². The number of nitrogens with two attached hydrogens (primary N) is 1. The molecular formula is C11H14N2O2S. The van der Waals surface area contributed by atoms with Crippen molar-refractivity contribution in [3.8, 4) is 0 Å². The second-order valence-electron chi connectivity index (χ2n) is 4.57. The van der Waals surface area contributed by atoms with Crippen LogP contribution in [0.2, 0.25) is 0 Å². The van der Waals surface area contributed by atoms with Gasteiger partial charge in [-0.2, -0.15) is 0 Å². The molecule has 2 bridgehead atoms. The van der Waals surface area contributed by atoms with Gasteiger partial charge < -0.3 is 10.6 Å². The minimum Gasteiger partial charge on any atom is -0.399 e. The zero-order valence-corrected chi connectivity index (χ0v) is 9.65. The third kappa shape index (κ3) is 1.31. The Hall–Kier alpha value is -1.23. The Morgan fingerprint density at radius 1 is 1.25 bits per heavy atom. The fourth-order valence-corrected chi connectivity index (χ4v) is 4.53. The lowest BCUT2D eigenvalue weighted by Gasteiger charge is -2.47. The normalized spacial score (nSPS) is 30.9. The summed E-state index contributed by atoms with van der Waals surface area (Å²) < 4.78 is 23.2. The lowest BCUT2D eigenvalue weighted by molar-refractivity contribution is 0.460. The minimum atomic E-state index is -2.79. The average molecular weight is 238 g/mol. The topological polar surface area (TPSA) is 63.4 Å². The molecule has 2 N–H and O–H groups in total. The molecule has 86 valence electrons. The van der Waals surface area contributed by atoms with Crippen molar-refractivity contribution in [2.75, 3.05) is 23.7 Å². The molecule has 1 aromatic rings. The smallest absolute Gasteiger partial charge is 0.159 e. The van der Waals surface area contributed by atoms with Crippen molar-refractivity contribution in [2.24, 2.45) is 0 Å². The van der Waals surface area contributed by atoms with Gasteiger partial charge in [-0.25, -0.2) is 8.42 Å². The van der Waals surface area contributed by atoms with Crippen LogP contribution in [0, 0.1) is 0 Å². The summed E-state index contributed by atoms with van der Waals surface area (Å²) in [7, 11) is -2.79. The molecule has 4 nitrogen and oxygen atoms in total. The lowest BCUT2D eigenvalue weighted by Crippen LogP contribution is -2.62. The van der Waals surface area contributed by atoms with E-state index < -0.39 is 9.84 Å². The standard InChI is InChI=1S/C11H14N2O2S/c12-8-2-1-3-9(4-8)13-6-10-5-11(7-13)16(10,14)15/h1-4,10-11H,5-7,12H2. The Kier molecular flexibility index (Phi) is 1.95. The molecule has 2 atom stereocenters. The van der Waals surface area contributed by atoms with Gasteiger partial charge in [0.15, 0.2) is 9.84 Å². The number of piperidine rings is 1. The van der Waals surface area contributed by atoms with Crippen LogP contribution in [0.15, 0.2) is 24.3 Å². The first-order valence-corrected chi connectivity index (χ1v) is 7.01. The first kappa shape index (κ1) is 9.96. The molecule has 0 saturated carbocycles. The molecule has 1 aromatic carbocycles. The molecule has 0 aliphatic carbocycles. The number of nitrogens with zero attached hydrogens (tertiary/aromatic N) is 1. The molecule has 4 rings (SSSR count). The molecule has 3 aliphatic rings. The van der Waals surface area contributed by atoms with Gasteiger partial charge in [0.1, 0.15) is 0 Å². The molecule has 5 heteroatoms. The Balaban J connectivity index is 1.86. The Labute approximate surface area is 95.0 Å². The van der Waals surface area contributed by atoms with Crippen LogP contribution in [0.1, 0.15) is 6.42 Å². The van der Waals surface area contributed by atoms with Gasteiger partial charge in [0.25, 0.3) is 0 Å². The molecular weight excluding hydrogens is 224 g/mol. The van der Waals surface area contributed by atoms with Crippen LogP contribution in [0.4, 0.5) is 11.4 Å². The zero-order chi connectivity index (χ0) is 11.3. The Morgan fingerprint density at radius 3 is 2.50 bits per heavy atom. The predicted octanol–water partition coefficient (Wildman–Crippen LogP) is 0.645. The highest BCUT2D eigenvalue weighted by molar-refractivity contribution is 7.94. The van der Waals surface area contributed by atoms with Crippen LogP contribution in [0.3, 0.4) is 0 Å². The molecule has 0 radical (unpaired) electrons. The van der Waals surface area contributed by atoms with Gasteiger partial charge >= 0.3 is 0 Å². The van der Waals surface area contributed by atoms with Gasteiger partial charge in [0.05, 0.1) is 10.5 Å². The van der Waals surface area contributed by atoms with Gasteiger partial charge in [0, 0.05) is 24.5 Å². The molecule has 3 aliphatic heterocycles. The highest BCUT2D eigenvalue weighted by Gasteiger charge is 2.51. The van der Waals surface area contributed by atoms with Gasteiger partial charge in [-0.1, -0.05) is 6.07 Å². The van der Waals surface area contributed by atoms with E-state index in [1.807, 2.05) is 24.3 Å². The fraction of sp³-hybridized carbons (Fsp3) is 0.455. The number of benzene rings is 1. The maximum Gasteiger partial charge on any atom is 0.159 e. The van der Waals surface area contributed by atoms with E-state index in [0.29, 0.717) is 13.1 Å². The molecule has 0 amide bonds. The largest absolute Gasteiger partial charge is 0.399 e. The van der Waals surface area contributed by atoms with Crippen LogP contribution in [0.25, 0.3) is 0 Å². The van der Waals surface area contributed by atoms with E-state index in [4.69, 9.17) is 5.73 Å². The van der Waals surface area contributed by atoms with Crippen molar-refractivity contribution in [1.82, 2.24) is 0 Å². The summed E-state index contributed by atoms with van der Waals surface area (Å²) >= 11 is 0. The second-order valence-corrected chi connectivity index (χ2v) is 7.08. The summed E-state index contributed by atoms with van der Waals surface area (Å²) in [6.07, 6.45) is 0.834. The molecule has 0 aromatic heterocycles.